The van der Waals surface area contributed by atoms with Crippen LogP contribution in [0.2, 0.25) is 10.0 Å². The first-order valence-corrected chi connectivity index (χ1v) is 7.12. The summed E-state index contributed by atoms with van der Waals surface area (Å²) >= 11 is 12.0. The summed E-state index contributed by atoms with van der Waals surface area (Å²) < 4.78 is 0. The summed E-state index contributed by atoms with van der Waals surface area (Å²) in [7, 11) is 0. The average molecular weight is 285 g/mol. The molecule has 1 aromatic rings. The predicted molar refractivity (Wildman–Crippen MR) is 76.3 cm³/mol. The molecular formula is C15H18Cl2O. The molecule has 1 nitrogen and oxygen atoms in total. The Bertz CT molecular complexity index is 466. The summed E-state index contributed by atoms with van der Waals surface area (Å²) in [4.78, 5) is 12.4. The summed E-state index contributed by atoms with van der Waals surface area (Å²) in [6.45, 7) is 4.37. The zero-order valence-electron chi connectivity index (χ0n) is 10.8. The van der Waals surface area contributed by atoms with Crippen LogP contribution in [-0.4, -0.2) is 5.78 Å². The van der Waals surface area contributed by atoms with Gasteiger partial charge in [-0.15, -0.1) is 0 Å². The molecule has 1 saturated carbocycles. The lowest BCUT2D eigenvalue weighted by molar-refractivity contribution is -0.124. The molecule has 1 atom stereocenters. The first-order valence-electron chi connectivity index (χ1n) is 6.37. The zero-order chi connectivity index (χ0) is 13.3. The standard InChI is InChI=1S/C15H18Cl2O/c1-15(2)7-3-4-12(15)14(18)8-10-5-6-11(16)9-13(10)17/h5-6,9,12H,3-4,7-8H2,1-2H3. The van der Waals surface area contributed by atoms with Crippen LogP contribution in [0.3, 0.4) is 0 Å². The van der Waals surface area contributed by atoms with Gasteiger partial charge in [0, 0.05) is 22.4 Å². The van der Waals surface area contributed by atoms with E-state index in [0.717, 1.165) is 24.8 Å². The second-order valence-corrected chi connectivity index (χ2v) is 6.66. The maximum Gasteiger partial charge on any atom is 0.140 e. The molecule has 2 rings (SSSR count). The molecule has 0 spiro atoms. The first-order chi connectivity index (χ1) is 8.40. The molecule has 1 fully saturated rings. The Morgan fingerprint density at radius 2 is 2.11 bits per heavy atom. The fourth-order valence-electron chi connectivity index (χ4n) is 2.90. The Morgan fingerprint density at radius 1 is 1.39 bits per heavy atom. The molecule has 0 saturated heterocycles. The molecule has 3 heteroatoms. The van der Waals surface area contributed by atoms with Crippen LogP contribution in [0, 0.1) is 11.3 Å². The van der Waals surface area contributed by atoms with E-state index in [1.165, 1.54) is 0 Å². The van der Waals surface area contributed by atoms with Crippen molar-refractivity contribution in [3.63, 3.8) is 0 Å². The number of halogens is 2. The number of carbonyl (C=O) groups excluding carboxylic acids is 1. The largest absolute Gasteiger partial charge is 0.299 e. The summed E-state index contributed by atoms with van der Waals surface area (Å²) in [5, 5.41) is 1.20. The Morgan fingerprint density at radius 3 is 2.67 bits per heavy atom. The van der Waals surface area contributed by atoms with Crippen molar-refractivity contribution in [1.82, 2.24) is 0 Å². The van der Waals surface area contributed by atoms with Crippen molar-refractivity contribution in [3.8, 4) is 0 Å². The van der Waals surface area contributed by atoms with Crippen LogP contribution in [0.25, 0.3) is 0 Å². The van der Waals surface area contributed by atoms with Crippen molar-refractivity contribution >= 4 is 29.0 Å². The highest BCUT2D eigenvalue weighted by Gasteiger charge is 2.38. The van der Waals surface area contributed by atoms with Crippen LogP contribution in [0.4, 0.5) is 0 Å². The molecule has 0 aromatic heterocycles. The molecule has 0 heterocycles. The van der Waals surface area contributed by atoms with Crippen LogP contribution < -0.4 is 0 Å². The molecule has 1 unspecified atom stereocenters. The van der Waals surface area contributed by atoms with Crippen LogP contribution in [-0.2, 0) is 11.2 Å². The average Bonchev–Trinajstić information content (AvgIpc) is 2.62. The van der Waals surface area contributed by atoms with Gasteiger partial charge in [-0.1, -0.05) is 49.5 Å². The van der Waals surface area contributed by atoms with Gasteiger partial charge >= 0.3 is 0 Å². The topological polar surface area (TPSA) is 17.1 Å². The fourth-order valence-corrected chi connectivity index (χ4v) is 3.37. The normalized spacial score (nSPS) is 22.1. The van der Waals surface area contributed by atoms with Crippen molar-refractivity contribution in [2.75, 3.05) is 0 Å². The van der Waals surface area contributed by atoms with E-state index in [9.17, 15) is 4.79 Å². The van der Waals surface area contributed by atoms with Crippen molar-refractivity contribution in [3.05, 3.63) is 33.8 Å². The van der Waals surface area contributed by atoms with Crippen molar-refractivity contribution in [2.24, 2.45) is 11.3 Å². The molecule has 1 aromatic carbocycles. The van der Waals surface area contributed by atoms with E-state index in [4.69, 9.17) is 23.2 Å². The number of hydrogen-bond acceptors (Lipinski definition) is 1. The highest BCUT2D eigenvalue weighted by atomic mass is 35.5. The van der Waals surface area contributed by atoms with Crippen LogP contribution in [0.15, 0.2) is 18.2 Å². The van der Waals surface area contributed by atoms with E-state index in [1.807, 2.05) is 6.07 Å². The van der Waals surface area contributed by atoms with E-state index >= 15 is 0 Å². The number of Topliss-reactive ketones (excluding diaryl/α,β-unsaturated/α-hetero) is 1. The van der Waals surface area contributed by atoms with E-state index in [-0.39, 0.29) is 11.3 Å². The van der Waals surface area contributed by atoms with Gasteiger partial charge in [0.25, 0.3) is 0 Å². The number of ketones is 1. The maximum absolute atomic E-state index is 12.4. The summed E-state index contributed by atoms with van der Waals surface area (Å²) in [6, 6.07) is 5.34. The Kier molecular flexibility index (Phi) is 4.03. The van der Waals surface area contributed by atoms with Gasteiger partial charge in [0.1, 0.15) is 5.78 Å². The van der Waals surface area contributed by atoms with Crippen molar-refractivity contribution in [2.45, 2.75) is 39.5 Å². The molecule has 1 aliphatic rings. The summed E-state index contributed by atoms with van der Waals surface area (Å²) in [5.41, 5.74) is 1.02. The van der Waals surface area contributed by atoms with Gasteiger partial charge in [-0.2, -0.15) is 0 Å². The third kappa shape index (κ3) is 2.89. The third-order valence-electron chi connectivity index (χ3n) is 4.03. The zero-order valence-corrected chi connectivity index (χ0v) is 12.3. The lowest BCUT2D eigenvalue weighted by Crippen LogP contribution is -2.27. The van der Waals surface area contributed by atoms with Gasteiger partial charge in [0.15, 0.2) is 0 Å². The number of rotatable bonds is 3. The molecule has 98 valence electrons. The molecule has 0 bridgehead atoms. The third-order valence-corrected chi connectivity index (χ3v) is 4.61. The highest BCUT2D eigenvalue weighted by Crippen LogP contribution is 2.43. The first kappa shape index (κ1) is 13.9. The van der Waals surface area contributed by atoms with E-state index in [2.05, 4.69) is 13.8 Å². The number of hydrogen-bond donors (Lipinski definition) is 0. The van der Waals surface area contributed by atoms with Gasteiger partial charge in [0.2, 0.25) is 0 Å². The summed E-state index contributed by atoms with van der Waals surface area (Å²) in [6.07, 6.45) is 3.72. The Labute approximate surface area is 118 Å². The monoisotopic (exact) mass is 284 g/mol. The lowest BCUT2D eigenvalue weighted by Gasteiger charge is -2.25. The van der Waals surface area contributed by atoms with E-state index in [0.29, 0.717) is 22.2 Å². The molecule has 0 aliphatic heterocycles. The van der Waals surface area contributed by atoms with Gasteiger partial charge in [0.05, 0.1) is 0 Å². The fraction of sp³-hybridized carbons (Fsp3) is 0.533. The minimum absolute atomic E-state index is 0.135. The number of benzene rings is 1. The van der Waals surface area contributed by atoms with E-state index in [1.54, 1.807) is 12.1 Å². The Balaban J connectivity index is 2.12. The number of carbonyl (C=O) groups is 1. The minimum atomic E-state index is 0.135. The van der Waals surface area contributed by atoms with Crippen molar-refractivity contribution in [1.29, 1.82) is 0 Å². The molecule has 0 amide bonds. The molecule has 1 aliphatic carbocycles. The van der Waals surface area contributed by atoms with Gasteiger partial charge in [-0.25, -0.2) is 0 Å². The smallest absolute Gasteiger partial charge is 0.140 e. The molecule has 18 heavy (non-hydrogen) atoms. The second-order valence-electron chi connectivity index (χ2n) is 5.81. The van der Waals surface area contributed by atoms with Crippen LogP contribution in [0.5, 0.6) is 0 Å². The molecule has 0 N–H and O–H groups in total. The lowest BCUT2D eigenvalue weighted by atomic mass is 9.78. The van der Waals surface area contributed by atoms with Crippen molar-refractivity contribution < 1.29 is 4.79 Å². The molecule has 0 radical (unpaired) electrons. The van der Waals surface area contributed by atoms with Gasteiger partial charge < -0.3 is 0 Å². The predicted octanol–water partition coefficient (Wildman–Crippen LogP) is 4.93. The maximum atomic E-state index is 12.4. The second kappa shape index (κ2) is 5.22. The quantitative estimate of drug-likeness (QED) is 0.769. The molecular weight excluding hydrogens is 267 g/mol. The van der Waals surface area contributed by atoms with Gasteiger partial charge in [-0.05, 0) is 36.0 Å². The van der Waals surface area contributed by atoms with Crippen LogP contribution >= 0.6 is 23.2 Å². The minimum Gasteiger partial charge on any atom is -0.299 e. The van der Waals surface area contributed by atoms with Crippen LogP contribution in [0.1, 0.15) is 38.7 Å². The summed E-state index contributed by atoms with van der Waals surface area (Å²) in [5.74, 6) is 0.478. The SMILES string of the molecule is CC1(C)CCCC1C(=O)Cc1ccc(Cl)cc1Cl. The van der Waals surface area contributed by atoms with E-state index < -0.39 is 0 Å². The van der Waals surface area contributed by atoms with Gasteiger partial charge in [-0.3, -0.25) is 4.79 Å². The Hall–Kier alpha value is -0.530. The highest BCUT2D eigenvalue weighted by molar-refractivity contribution is 6.35.